The minimum Gasteiger partial charge on any atom is -0.493 e. The Morgan fingerprint density at radius 2 is 1.93 bits per heavy atom. The predicted octanol–water partition coefficient (Wildman–Crippen LogP) is 5.26. The van der Waals surface area contributed by atoms with Crippen molar-refractivity contribution in [3.05, 3.63) is 53.4 Å². The van der Waals surface area contributed by atoms with Gasteiger partial charge in [0, 0.05) is 16.5 Å². The topological polar surface area (TPSA) is 69.7 Å². The fourth-order valence-corrected chi connectivity index (χ4v) is 3.45. The highest BCUT2D eigenvalue weighted by Gasteiger charge is 2.15. The summed E-state index contributed by atoms with van der Waals surface area (Å²) < 4.78 is 16.7. The van der Waals surface area contributed by atoms with Crippen LogP contribution >= 0.6 is 11.3 Å². The molecule has 29 heavy (non-hydrogen) atoms. The SMILES string of the molecule is CCOc1ccccc1-c1csc(NC(=O)c2ccc(OC(C)C)c(OC)c2)n1. The highest BCUT2D eigenvalue weighted by atomic mass is 32.1. The lowest BCUT2D eigenvalue weighted by Crippen LogP contribution is -2.12. The van der Waals surface area contributed by atoms with Crippen LogP contribution in [-0.4, -0.2) is 30.7 Å². The van der Waals surface area contributed by atoms with Crippen molar-refractivity contribution in [1.29, 1.82) is 0 Å². The largest absolute Gasteiger partial charge is 0.493 e. The van der Waals surface area contributed by atoms with Crippen LogP contribution in [0, 0.1) is 0 Å². The normalized spacial score (nSPS) is 10.7. The molecule has 0 atom stereocenters. The molecule has 1 heterocycles. The summed E-state index contributed by atoms with van der Waals surface area (Å²) in [7, 11) is 1.55. The maximum atomic E-state index is 12.7. The van der Waals surface area contributed by atoms with Crippen LogP contribution < -0.4 is 19.5 Å². The van der Waals surface area contributed by atoms with E-state index < -0.39 is 0 Å². The zero-order valence-electron chi connectivity index (χ0n) is 16.9. The number of benzene rings is 2. The third-order valence-corrected chi connectivity index (χ3v) is 4.73. The lowest BCUT2D eigenvalue weighted by molar-refractivity contribution is 0.102. The molecule has 152 valence electrons. The molecule has 3 aromatic rings. The Kier molecular flexibility index (Phi) is 6.72. The summed E-state index contributed by atoms with van der Waals surface area (Å²) >= 11 is 1.36. The van der Waals surface area contributed by atoms with E-state index in [0.29, 0.717) is 28.8 Å². The van der Waals surface area contributed by atoms with Crippen molar-refractivity contribution in [2.45, 2.75) is 26.9 Å². The van der Waals surface area contributed by atoms with Gasteiger partial charge in [-0.15, -0.1) is 11.3 Å². The third kappa shape index (κ3) is 5.06. The molecule has 0 spiro atoms. The van der Waals surface area contributed by atoms with Gasteiger partial charge in [0.05, 0.1) is 25.5 Å². The number of aromatic nitrogens is 1. The molecule has 0 saturated carbocycles. The quantitative estimate of drug-likeness (QED) is 0.547. The van der Waals surface area contributed by atoms with Gasteiger partial charge in [-0.3, -0.25) is 10.1 Å². The number of amides is 1. The molecule has 0 bridgehead atoms. The molecule has 0 aliphatic rings. The number of hydrogen-bond donors (Lipinski definition) is 1. The van der Waals surface area contributed by atoms with Crippen LogP contribution in [0.25, 0.3) is 11.3 Å². The van der Waals surface area contributed by atoms with Gasteiger partial charge in [-0.25, -0.2) is 4.98 Å². The van der Waals surface area contributed by atoms with Gasteiger partial charge >= 0.3 is 0 Å². The van der Waals surface area contributed by atoms with Gasteiger partial charge in [0.25, 0.3) is 5.91 Å². The lowest BCUT2D eigenvalue weighted by atomic mass is 10.1. The summed E-state index contributed by atoms with van der Waals surface area (Å²) in [6, 6.07) is 12.8. The van der Waals surface area contributed by atoms with Crippen molar-refractivity contribution in [2.24, 2.45) is 0 Å². The minimum atomic E-state index is -0.265. The van der Waals surface area contributed by atoms with Crippen molar-refractivity contribution in [2.75, 3.05) is 19.0 Å². The second-order valence-electron chi connectivity index (χ2n) is 6.45. The first kappa shape index (κ1) is 20.7. The average Bonchev–Trinajstić information content (AvgIpc) is 3.16. The van der Waals surface area contributed by atoms with E-state index in [-0.39, 0.29) is 12.0 Å². The van der Waals surface area contributed by atoms with Crippen molar-refractivity contribution < 1.29 is 19.0 Å². The van der Waals surface area contributed by atoms with E-state index in [4.69, 9.17) is 14.2 Å². The van der Waals surface area contributed by atoms with Gasteiger partial charge in [0.15, 0.2) is 16.6 Å². The van der Waals surface area contributed by atoms with E-state index in [1.807, 2.05) is 50.4 Å². The molecule has 6 nitrogen and oxygen atoms in total. The molecule has 1 N–H and O–H groups in total. The van der Waals surface area contributed by atoms with Crippen LogP contribution in [0.2, 0.25) is 0 Å². The average molecular weight is 413 g/mol. The molecule has 0 fully saturated rings. The minimum absolute atomic E-state index is 0.0110. The van der Waals surface area contributed by atoms with Gasteiger partial charge in [-0.2, -0.15) is 0 Å². The van der Waals surface area contributed by atoms with E-state index >= 15 is 0 Å². The second-order valence-corrected chi connectivity index (χ2v) is 7.31. The maximum Gasteiger partial charge on any atom is 0.257 e. The number of carbonyl (C=O) groups excluding carboxylic acids is 1. The standard InChI is InChI=1S/C22H24N2O4S/c1-5-27-18-9-7-6-8-16(18)17-13-29-22(23-17)24-21(25)15-10-11-19(28-14(2)3)20(12-15)26-4/h6-14H,5H2,1-4H3,(H,23,24,25). The Balaban J connectivity index is 1.77. The monoisotopic (exact) mass is 412 g/mol. The summed E-state index contributed by atoms with van der Waals surface area (Å²) in [6.07, 6.45) is 0.0110. The number of rotatable bonds is 8. The van der Waals surface area contributed by atoms with Crippen LogP contribution in [-0.2, 0) is 0 Å². The summed E-state index contributed by atoms with van der Waals surface area (Å²) in [6.45, 7) is 6.38. The molecular formula is C22H24N2O4S. The van der Waals surface area contributed by atoms with Gasteiger partial charge in [-0.05, 0) is 51.1 Å². The van der Waals surface area contributed by atoms with Crippen molar-refractivity contribution in [3.63, 3.8) is 0 Å². The van der Waals surface area contributed by atoms with E-state index in [0.717, 1.165) is 17.0 Å². The second kappa shape index (κ2) is 9.43. The number of methoxy groups -OCH3 is 1. The number of ether oxygens (including phenoxy) is 3. The Hall–Kier alpha value is -3.06. The first-order chi connectivity index (χ1) is 14.0. The molecule has 2 aromatic carbocycles. The van der Waals surface area contributed by atoms with Crippen LogP contribution in [0.4, 0.5) is 5.13 Å². The van der Waals surface area contributed by atoms with Crippen LogP contribution in [0.1, 0.15) is 31.1 Å². The summed E-state index contributed by atoms with van der Waals surface area (Å²) in [5.41, 5.74) is 2.11. The predicted molar refractivity (Wildman–Crippen MR) is 115 cm³/mol. The molecule has 0 aliphatic heterocycles. The third-order valence-electron chi connectivity index (χ3n) is 3.98. The molecule has 3 rings (SSSR count). The molecule has 0 unspecified atom stereocenters. The van der Waals surface area contributed by atoms with E-state index in [9.17, 15) is 4.79 Å². The van der Waals surface area contributed by atoms with Crippen molar-refractivity contribution in [1.82, 2.24) is 4.98 Å². The highest BCUT2D eigenvalue weighted by Crippen LogP contribution is 2.33. The summed E-state index contributed by atoms with van der Waals surface area (Å²) in [4.78, 5) is 17.2. The fraction of sp³-hybridized carbons (Fsp3) is 0.273. The van der Waals surface area contributed by atoms with Gasteiger partial charge in [-0.1, -0.05) is 12.1 Å². The number of hydrogen-bond acceptors (Lipinski definition) is 6. The summed E-state index contributed by atoms with van der Waals surface area (Å²) in [5.74, 6) is 1.61. The molecule has 1 amide bonds. The van der Waals surface area contributed by atoms with E-state index in [1.165, 1.54) is 11.3 Å². The number of anilines is 1. The Morgan fingerprint density at radius 1 is 1.14 bits per heavy atom. The van der Waals surface area contributed by atoms with Crippen molar-refractivity contribution in [3.8, 4) is 28.5 Å². The molecular weight excluding hydrogens is 388 g/mol. The van der Waals surface area contributed by atoms with E-state index in [1.54, 1.807) is 25.3 Å². The fourth-order valence-electron chi connectivity index (χ4n) is 2.74. The number of nitrogens with one attached hydrogen (secondary N) is 1. The van der Waals surface area contributed by atoms with Crippen LogP contribution in [0.5, 0.6) is 17.2 Å². The number of para-hydroxylation sites is 1. The van der Waals surface area contributed by atoms with Crippen LogP contribution in [0.15, 0.2) is 47.8 Å². The summed E-state index contributed by atoms with van der Waals surface area (Å²) in [5, 5.41) is 5.25. The molecule has 0 radical (unpaired) electrons. The first-order valence-electron chi connectivity index (χ1n) is 9.35. The lowest BCUT2D eigenvalue weighted by Gasteiger charge is -2.14. The Morgan fingerprint density at radius 3 is 2.66 bits per heavy atom. The van der Waals surface area contributed by atoms with Gasteiger partial charge < -0.3 is 14.2 Å². The number of thiazole rings is 1. The van der Waals surface area contributed by atoms with Gasteiger partial charge in [0.2, 0.25) is 0 Å². The zero-order chi connectivity index (χ0) is 20.8. The maximum absolute atomic E-state index is 12.7. The molecule has 0 aliphatic carbocycles. The highest BCUT2D eigenvalue weighted by molar-refractivity contribution is 7.14. The number of nitrogens with zero attached hydrogens (tertiary/aromatic N) is 1. The van der Waals surface area contributed by atoms with Crippen molar-refractivity contribution >= 4 is 22.4 Å². The Bertz CT molecular complexity index is 984. The first-order valence-corrected chi connectivity index (χ1v) is 10.2. The Labute approximate surface area is 174 Å². The van der Waals surface area contributed by atoms with Gasteiger partial charge in [0.1, 0.15) is 5.75 Å². The molecule has 1 aromatic heterocycles. The smallest absolute Gasteiger partial charge is 0.257 e. The zero-order valence-corrected chi connectivity index (χ0v) is 17.7. The molecule has 0 saturated heterocycles. The van der Waals surface area contributed by atoms with Crippen LogP contribution in [0.3, 0.4) is 0 Å². The number of carbonyl (C=O) groups is 1. The molecule has 7 heteroatoms. The van der Waals surface area contributed by atoms with E-state index in [2.05, 4.69) is 10.3 Å².